The number of hydrogen-bond donors (Lipinski definition) is 2. The first-order valence-electron chi connectivity index (χ1n) is 6.08. The van der Waals surface area contributed by atoms with Gasteiger partial charge in [-0.3, -0.25) is 9.69 Å². The molecule has 0 heterocycles. The Hall–Kier alpha value is -0.650. The van der Waals surface area contributed by atoms with Crippen LogP contribution < -0.4 is 5.32 Å². The largest absolute Gasteiger partial charge is 0.389 e. The van der Waals surface area contributed by atoms with E-state index in [4.69, 9.17) is 4.74 Å². The average Bonchev–Trinajstić information content (AvgIpc) is 2.16. The molecule has 0 saturated heterocycles. The van der Waals surface area contributed by atoms with Crippen molar-refractivity contribution in [2.24, 2.45) is 5.92 Å². The molecule has 0 saturated carbocycles. The second-order valence-electron chi connectivity index (χ2n) is 4.84. The van der Waals surface area contributed by atoms with Gasteiger partial charge in [0.1, 0.15) is 0 Å². The van der Waals surface area contributed by atoms with E-state index in [0.29, 0.717) is 32.2 Å². The predicted molar refractivity (Wildman–Crippen MR) is 67.8 cm³/mol. The zero-order chi connectivity index (χ0) is 13.3. The van der Waals surface area contributed by atoms with Gasteiger partial charge >= 0.3 is 0 Å². The fraction of sp³-hybridized carbons (Fsp3) is 0.917. The number of methoxy groups -OCH3 is 1. The summed E-state index contributed by atoms with van der Waals surface area (Å²) in [5, 5.41) is 12.3. The second kappa shape index (κ2) is 9.39. The van der Waals surface area contributed by atoms with Crippen molar-refractivity contribution >= 4 is 5.91 Å². The van der Waals surface area contributed by atoms with E-state index in [2.05, 4.69) is 19.2 Å². The Bertz CT molecular complexity index is 210. The van der Waals surface area contributed by atoms with Crippen LogP contribution in [0.2, 0.25) is 0 Å². The summed E-state index contributed by atoms with van der Waals surface area (Å²) < 4.78 is 4.82. The van der Waals surface area contributed by atoms with Crippen LogP contribution in [-0.2, 0) is 9.53 Å². The number of hydrogen-bond acceptors (Lipinski definition) is 4. The molecule has 1 unspecified atom stereocenters. The van der Waals surface area contributed by atoms with Gasteiger partial charge in [0.25, 0.3) is 0 Å². The van der Waals surface area contributed by atoms with E-state index >= 15 is 0 Å². The average molecular weight is 246 g/mol. The van der Waals surface area contributed by atoms with Crippen LogP contribution in [0.3, 0.4) is 0 Å². The van der Waals surface area contributed by atoms with Gasteiger partial charge in [0, 0.05) is 20.2 Å². The Morgan fingerprint density at radius 2 is 2.12 bits per heavy atom. The Balaban J connectivity index is 3.65. The van der Waals surface area contributed by atoms with E-state index in [-0.39, 0.29) is 5.91 Å². The zero-order valence-electron chi connectivity index (χ0n) is 11.4. The van der Waals surface area contributed by atoms with Crippen LogP contribution in [0.5, 0.6) is 0 Å². The van der Waals surface area contributed by atoms with Crippen molar-refractivity contribution in [2.45, 2.75) is 26.4 Å². The van der Waals surface area contributed by atoms with Gasteiger partial charge in [-0.25, -0.2) is 0 Å². The summed E-state index contributed by atoms with van der Waals surface area (Å²) >= 11 is 0. The minimum absolute atomic E-state index is 0.00207. The molecule has 0 aliphatic heterocycles. The van der Waals surface area contributed by atoms with E-state index in [9.17, 15) is 9.90 Å². The lowest BCUT2D eigenvalue weighted by Crippen LogP contribution is -2.40. The number of aliphatic hydroxyl groups is 1. The van der Waals surface area contributed by atoms with E-state index in [0.717, 1.165) is 6.42 Å². The summed E-state index contributed by atoms with van der Waals surface area (Å²) in [6, 6.07) is 0. The van der Waals surface area contributed by atoms with Crippen LogP contribution in [0, 0.1) is 5.92 Å². The quantitative estimate of drug-likeness (QED) is 0.605. The van der Waals surface area contributed by atoms with Gasteiger partial charge in [-0.05, 0) is 19.4 Å². The molecule has 0 fully saturated rings. The molecule has 0 aromatic rings. The van der Waals surface area contributed by atoms with Crippen LogP contribution >= 0.6 is 0 Å². The molecule has 17 heavy (non-hydrogen) atoms. The molecular weight excluding hydrogens is 220 g/mol. The van der Waals surface area contributed by atoms with Crippen molar-refractivity contribution in [3.8, 4) is 0 Å². The molecule has 0 aliphatic carbocycles. The SMILES string of the molecule is COCC(O)CN(C)CC(=O)NCCC(C)C. The van der Waals surface area contributed by atoms with Crippen LogP contribution in [0.25, 0.3) is 0 Å². The number of carbonyl (C=O) groups excluding carboxylic acids is 1. The molecule has 0 radical (unpaired) electrons. The van der Waals surface area contributed by atoms with Gasteiger partial charge in [0.2, 0.25) is 5.91 Å². The van der Waals surface area contributed by atoms with Crippen molar-refractivity contribution in [3.05, 3.63) is 0 Å². The fourth-order valence-corrected chi connectivity index (χ4v) is 1.47. The third kappa shape index (κ3) is 10.2. The van der Waals surface area contributed by atoms with E-state index in [1.54, 1.807) is 19.1 Å². The van der Waals surface area contributed by atoms with Gasteiger partial charge in [0.05, 0.1) is 19.3 Å². The monoisotopic (exact) mass is 246 g/mol. The second-order valence-corrected chi connectivity index (χ2v) is 4.84. The lowest BCUT2D eigenvalue weighted by atomic mass is 10.1. The molecule has 0 rings (SSSR count). The molecule has 0 aromatic heterocycles. The van der Waals surface area contributed by atoms with Crippen LogP contribution in [-0.4, -0.2) is 62.4 Å². The molecule has 5 nitrogen and oxygen atoms in total. The number of carbonyl (C=O) groups is 1. The van der Waals surface area contributed by atoms with E-state index in [1.165, 1.54) is 0 Å². The Morgan fingerprint density at radius 1 is 1.47 bits per heavy atom. The van der Waals surface area contributed by atoms with Crippen LogP contribution in [0.15, 0.2) is 0 Å². The summed E-state index contributed by atoms with van der Waals surface area (Å²) in [7, 11) is 3.35. The van der Waals surface area contributed by atoms with Gasteiger partial charge < -0.3 is 15.2 Å². The molecule has 0 aliphatic rings. The van der Waals surface area contributed by atoms with Crippen molar-refractivity contribution in [2.75, 3.05) is 40.4 Å². The summed E-state index contributed by atoms with van der Waals surface area (Å²) in [5.41, 5.74) is 0. The first-order valence-corrected chi connectivity index (χ1v) is 6.08. The van der Waals surface area contributed by atoms with E-state index in [1.807, 2.05) is 0 Å². The number of rotatable bonds is 9. The Kier molecular flexibility index (Phi) is 9.03. The van der Waals surface area contributed by atoms with Gasteiger partial charge in [-0.15, -0.1) is 0 Å². The lowest BCUT2D eigenvalue weighted by Gasteiger charge is -2.19. The maximum Gasteiger partial charge on any atom is 0.234 e. The van der Waals surface area contributed by atoms with Crippen molar-refractivity contribution in [1.29, 1.82) is 0 Å². The zero-order valence-corrected chi connectivity index (χ0v) is 11.4. The Morgan fingerprint density at radius 3 is 2.65 bits per heavy atom. The van der Waals surface area contributed by atoms with Crippen molar-refractivity contribution in [3.63, 3.8) is 0 Å². The summed E-state index contributed by atoms with van der Waals surface area (Å²) in [4.78, 5) is 13.3. The number of nitrogens with zero attached hydrogens (tertiary/aromatic N) is 1. The maximum absolute atomic E-state index is 11.5. The van der Waals surface area contributed by atoms with Crippen molar-refractivity contribution in [1.82, 2.24) is 10.2 Å². The molecule has 1 amide bonds. The first kappa shape index (κ1) is 16.4. The summed E-state index contributed by atoms with van der Waals surface area (Å²) in [6.07, 6.45) is 0.440. The standard InChI is InChI=1S/C12H26N2O3/c1-10(2)5-6-13-12(16)8-14(3)7-11(15)9-17-4/h10-11,15H,5-9H2,1-4H3,(H,13,16). The normalized spacial score (nSPS) is 13.1. The molecule has 102 valence electrons. The number of likely N-dealkylation sites (N-methyl/N-ethyl adjacent to an activating group) is 1. The molecular formula is C12H26N2O3. The molecule has 0 bridgehead atoms. The third-order valence-corrected chi connectivity index (χ3v) is 2.34. The highest BCUT2D eigenvalue weighted by molar-refractivity contribution is 5.77. The van der Waals surface area contributed by atoms with Crippen LogP contribution in [0.4, 0.5) is 0 Å². The highest BCUT2D eigenvalue weighted by Gasteiger charge is 2.11. The fourth-order valence-electron chi connectivity index (χ4n) is 1.47. The summed E-state index contributed by atoms with van der Waals surface area (Å²) in [5.74, 6) is 0.592. The highest BCUT2D eigenvalue weighted by Crippen LogP contribution is 1.96. The number of amides is 1. The van der Waals surface area contributed by atoms with E-state index < -0.39 is 6.10 Å². The molecule has 2 N–H and O–H groups in total. The first-order chi connectivity index (χ1) is 7.95. The maximum atomic E-state index is 11.5. The van der Waals surface area contributed by atoms with Gasteiger partial charge in [0.15, 0.2) is 0 Å². The number of aliphatic hydroxyl groups excluding tert-OH is 1. The predicted octanol–water partition coefficient (Wildman–Crippen LogP) is 0.0878. The van der Waals surface area contributed by atoms with Gasteiger partial charge in [-0.2, -0.15) is 0 Å². The third-order valence-electron chi connectivity index (χ3n) is 2.34. The minimum atomic E-state index is -0.548. The molecule has 0 spiro atoms. The van der Waals surface area contributed by atoms with Gasteiger partial charge in [-0.1, -0.05) is 13.8 Å². The summed E-state index contributed by atoms with van der Waals surface area (Å²) in [6.45, 7) is 5.99. The molecule has 5 heteroatoms. The number of nitrogens with one attached hydrogen (secondary N) is 1. The highest BCUT2D eigenvalue weighted by atomic mass is 16.5. The number of ether oxygens (including phenoxy) is 1. The lowest BCUT2D eigenvalue weighted by molar-refractivity contribution is -0.122. The Labute approximate surface area is 104 Å². The van der Waals surface area contributed by atoms with Crippen LogP contribution in [0.1, 0.15) is 20.3 Å². The minimum Gasteiger partial charge on any atom is -0.389 e. The topological polar surface area (TPSA) is 61.8 Å². The van der Waals surface area contributed by atoms with Crippen molar-refractivity contribution < 1.29 is 14.6 Å². The smallest absolute Gasteiger partial charge is 0.234 e. The molecule has 0 aromatic carbocycles. The molecule has 1 atom stereocenters.